The lowest BCUT2D eigenvalue weighted by Crippen LogP contribution is -2.17. The molecule has 1 aromatic rings. The van der Waals surface area contributed by atoms with Gasteiger partial charge in [-0.3, -0.25) is 0 Å². The summed E-state index contributed by atoms with van der Waals surface area (Å²) < 4.78 is 0. The van der Waals surface area contributed by atoms with Gasteiger partial charge in [-0.1, -0.05) is 29.3 Å². The Bertz CT molecular complexity index is 344. The highest BCUT2D eigenvalue weighted by molar-refractivity contribution is 6.42. The van der Waals surface area contributed by atoms with Gasteiger partial charge in [-0.25, -0.2) is 0 Å². The summed E-state index contributed by atoms with van der Waals surface area (Å²) in [5.41, 5.74) is 1.12. The molecule has 0 amide bonds. The first-order valence-corrected chi connectivity index (χ1v) is 5.01. The van der Waals surface area contributed by atoms with Gasteiger partial charge in [0.15, 0.2) is 0 Å². The molecule has 0 bridgehead atoms. The van der Waals surface area contributed by atoms with Crippen LogP contribution in [0.25, 0.3) is 0 Å². The molecule has 1 aromatic carbocycles. The number of hydrogen-bond donors (Lipinski definition) is 1. The van der Waals surface area contributed by atoms with Crippen molar-refractivity contribution in [2.24, 2.45) is 0 Å². The number of nitrogens with zero attached hydrogens (tertiary/aromatic N) is 1. The minimum atomic E-state index is 0.376. The molecule has 1 N–H and O–H groups in total. The van der Waals surface area contributed by atoms with Crippen molar-refractivity contribution in [2.45, 2.75) is 6.42 Å². The van der Waals surface area contributed by atoms with Crippen LogP contribution in [0, 0.1) is 11.3 Å². The Balaban J connectivity index is 2.44. The van der Waals surface area contributed by atoms with E-state index in [1.165, 1.54) is 0 Å². The molecule has 0 aliphatic rings. The van der Waals surface area contributed by atoms with Gasteiger partial charge in [0.25, 0.3) is 0 Å². The summed E-state index contributed by atoms with van der Waals surface area (Å²) in [5, 5.41) is 12.4. The summed E-state index contributed by atoms with van der Waals surface area (Å²) in [7, 11) is 0. The Hall–Kier alpha value is -0.750. The summed E-state index contributed by atoms with van der Waals surface area (Å²) in [6.45, 7) is 1.15. The SMILES string of the molecule is N#CCNCCc1ccc(Cl)c(Cl)c1. The molecule has 74 valence electrons. The van der Waals surface area contributed by atoms with Crippen molar-refractivity contribution in [3.8, 4) is 6.07 Å². The van der Waals surface area contributed by atoms with E-state index in [0.29, 0.717) is 16.6 Å². The lowest BCUT2D eigenvalue weighted by molar-refractivity contribution is 0.749. The fourth-order valence-corrected chi connectivity index (χ4v) is 1.39. The zero-order chi connectivity index (χ0) is 10.4. The Labute approximate surface area is 93.4 Å². The number of hydrogen-bond acceptors (Lipinski definition) is 2. The molecule has 0 unspecified atom stereocenters. The molecule has 0 radical (unpaired) electrons. The van der Waals surface area contributed by atoms with Crippen molar-refractivity contribution in [1.29, 1.82) is 5.26 Å². The molecule has 1 rings (SSSR count). The number of benzene rings is 1. The lowest BCUT2D eigenvalue weighted by Gasteiger charge is -2.02. The molecule has 2 nitrogen and oxygen atoms in total. The van der Waals surface area contributed by atoms with E-state index in [1.54, 1.807) is 6.07 Å². The third kappa shape index (κ3) is 3.55. The van der Waals surface area contributed by atoms with E-state index in [4.69, 9.17) is 28.5 Å². The van der Waals surface area contributed by atoms with Crippen LogP contribution in [0.5, 0.6) is 0 Å². The van der Waals surface area contributed by atoms with Gasteiger partial charge in [0.05, 0.1) is 22.7 Å². The van der Waals surface area contributed by atoms with E-state index >= 15 is 0 Å². The molecule has 0 saturated heterocycles. The molecule has 0 spiro atoms. The highest BCUT2D eigenvalue weighted by Crippen LogP contribution is 2.22. The predicted octanol–water partition coefficient (Wildman–Crippen LogP) is 2.65. The summed E-state index contributed by atoms with van der Waals surface area (Å²) in [6, 6.07) is 7.58. The molecule has 0 atom stereocenters. The van der Waals surface area contributed by atoms with Crippen molar-refractivity contribution < 1.29 is 0 Å². The van der Waals surface area contributed by atoms with Crippen LogP contribution in [-0.4, -0.2) is 13.1 Å². The maximum atomic E-state index is 8.29. The minimum absolute atomic E-state index is 0.376. The van der Waals surface area contributed by atoms with E-state index in [1.807, 2.05) is 18.2 Å². The molecular weight excluding hydrogens is 219 g/mol. The quantitative estimate of drug-likeness (QED) is 0.636. The summed E-state index contributed by atoms with van der Waals surface area (Å²) in [4.78, 5) is 0. The standard InChI is InChI=1S/C10H10Cl2N2/c11-9-2-1-8(7-10(9)12)3-5-14-6-4-13/h1-2,7,14H,3,5-6H2. The molecular formula is C10H10Cl2N2. The maximum absolute atomic E-state index is 8.29. The molecule has 14 heavy (non-hydrogen) atoms. The van der Waals surface area contributed by atoms with Gasteiger partial charge in [0.1, 0.15) is 0 Å². The molecule has 0 aliphatic heterocycles. The largest absolute Gasteiger partial charge is 0.304 e. The van der Waals surface area contributed by atoms with Crippen LogP contribution in [0.15, 0.2) is 18.2 Å². The summed E-state index contributed by atoms with van der Waals surface area (Å²) in [5.74, 6) is 0. The van der Waals surface area contributed by atoms with Crippen LogP contribution < -0.4 is 5.32 Å². The number of halogens is 2. The highest BCUT2D eigenvalue weighted by atomic mass is 35.5. The van der Waals surface area contributed by atoms with Crippen molar-refractivity contribution in [3.05, 3.63) is 33.8 Å². The number of nitriles is 1. The lowest BCUT2D eigenvalue weighted by atomic mass is 10.1. The first-order chi connectivity index (χ1) is 6.74. The average molecular weight is 229 g/mol. The van der Waals surface area contributed by atoms with E-state index in [0.717, 1.165) is 18.5 Å². The molecule has 0 aliphatic carbocycles. The number of nitrogens with one attached hydrogen (secondary N) is 1. The summed E-state index contributed by atoms with van der Waals surface area (Å²) >= 11 is 11.6. The topological polar surface area (TPSA) is 35.8 Å². The summed E-state index contributed by atoms with van der Waals surface area (Å²) in [6.07, 6.45) is 0.846. The third-order valence-electron chi connectivity index (χ3n) is 1.78. The van der Waals surface area contributed by atoms with Crippen molar-refractivity contribution in [1.82, 2.24) is 5.32 Å². The second-order valence-corrected chi connectivity index (χ2v) is 3.65. The Morgan fingerprint density at radius 2 is 2.07 bits per heavy atom. The highest BCUT2D eigenvalue weighted by Gasteiger charge is 1.98. The van der Waals surface area contributed by atoms with Gasteiger partial charge in [-0.2, -0.15) is 5.26 Å². The Kier molecular flexibility index (Phi) is 4.75. The van der Waals surface area contributed by atoms with Gasteiger partial charge in [-0.15, -0.1) is 0 Å². The fraction of sp³-hybridized carbons (Fsp3) is 0.300. The van der Waals surface area contributed by atoms with E-state index in [9.17, 15) is 0 Å². The van der Waals surface area contributed by atoms with Crippen molar-refractivity contribution >= 4 is 23.2 Å². The van der Waals surface area contributed by atoms with Gasteiger partial charge >= 0.3 is 0 Å². The van der Waals surface area contributed by atoms with E-state index < -0.39 is 0 Å². The van der Waals surface area contributed by atoms with Gasteiger partial charge in [-0.05, 0) is 24.1 Å². The first kappa shape index (κ1) is 11.3. The molecule has 0 saturated carbocycles. The normalized spacial score (nSPS) is 9.79. The smallest absolute Gasteiger partial charge is 0.0841 e. The Morgan fingerprint density at radius 3 is 2.71 bits per heavy atom. The van der Waals surface area contributed by atoms with Crippen LogP contribution in [0.2, 0.25) is 10.0 Å². The molecule has 0 heterocycles. The molecule has 0 fully saturated rings. The zero-order valence-corrected chi connectivity index (χ0v) is 9.07. The third-order valence-corrected chi connectivity index (χ3v) is 2.52. The van der Waals surface area contributed by atoms with Gasteiger partial charge in [0, 0.05) is 6.54 Å². The van der Waals surface area contributed by atoms with Gasteiger partial charge < -0.3 is 5.32 Å². The zero-order valence-electron chi connectivity index (χ0n) is 7.56. The van der Waals surface area contributed by atoms with Crippen LogP contribution in [-0.2, 0) is 6.42 Å². The van der Waals surface area contributed by atoms with E-state index in [2.05, 4.69) is 5.32 Å². The molecule has 4 heteroatoms. The second kappa shape index (κ2) is 5.87. The number of rotatable bonds is 4. The monoisotopic (exact) mass is 228 g/mol. The van der Waals surface area contributed by atoms with Crippen molar-refractivity contribution in [2.75, 3.05) is 13.1 Å². The van der Waals surface area contributed by atoms with Crippen LogP contribution >= 0.6 is 23.2 Å². The predicted molar refractivity (Wildman–Crippen MR) is 58.6 cm³/mol. The fourth-order valence-electron chi connectivity index (χ4n) is 1.07. The average Bonchev–Trinajstić information content (AvgIpc) is 2.18. The minimum Gasteiger partial charge on any atom is -0.304 e. The van der Waals surface area contributed by atoms with Crippen LogP contribution in [0.3, 0.4) is 0 Å². The van der Waals surface area contributed by atoms with Crippen LogP contribution in [0.1, 0.15) is 5.56 Å². The first-order valence-electron chi connectivity index (χ1n) is 4.25. The second-order valence-electron chi connectivity index (χ2n) is 2.83. The van der Waals surface area contributed by atoms with Gasteiger partial charge in [0.2, 0.25) is 0 Å². The van der Waals surface area contributed by atoms with Crippen molar-refractivity contribution in [3.63, 3.8) is 0 Å². The Morgan fingerprint density at radius 1 is 1.29 bits per heavy atom. The van der Waals surface area contributed by atoms with E-state index in [-0.39, 0.29) is 0 Å². The van der Waals surface area contributed by atoms with Crippen LogP contribution in [0.4, 0.5) is 0 Å². The molecule has 0 aromatic heterocycles. The maximum Gasteiger partial charge on any atom is 0.0841 e.